The lowest BCUT2D eigenvalue weighted by molar-refractivity contribution is -0.157. The van der Waals surface area contributed by atoms with Crippen LogP contribution in [0, 0.1) is 20.4 Å². The van der Waals surface area contributed by atoms with Crippen LogP contribution in [0.2, 0.25) is 0 Å². The van der Waals surface area contributed by atoms with Crippen molar-refractivity contribution in [2.24, 2.45) is 0 Å². The number of ketones is 1. The molecule has 5 aliphatic heterocycles. The first-order valence-electron chi connectivity index (χ1n) is 14.4. The van der Waals surface area contributed by atoms with Gasteiger partial charge in [0.1, 0.15) is 18.4 Å². The number of piperazine rings is 1. The number of Topliss-reactive ketones (excluding diaryl/α,β-unsaturated/α-hetero) is 1. The number of aromatic hydroxyl groups is 1. The monoisotopic (exact) mass is 623 g/mol. The third-order valence-electron chi connectivity index (χ3n) is 9.59. The summed E-state index contributed by atoms with van der Waals surface area (Å²) in [6.45, 7) is 12.0. The van der Waals surface area contributed by atoms with Crippen LogP contribution in [0.3, 0.4) is 0 Å². The van der Waals surface area contributed by atoms with Crippen LogP contribution in [0.4, 0.5) is 0 Å². The van der Waals surface area contributed by atoms with Gasteiger partial charge in [-0.25, -0.2) is 16.3 Å². The molecular formula is C31H33N3O9S. The van der Waals surface area contributed by atoms with E-state index in [9.17, 15) is 14.7 Å². The molecule has 13 heteroatoms. The zero-order chi connectivity index (χ0) is 31.0. The molecule has 44 heavy (non-hydrogen) atoms. The normalized spacial score (nSPS) is 28.8. The molecule has 7 rings (SSSR count). The second-order valence-electron chi connectivity index (χ2n) is 11.7. The maximum atomic E-state index is 12.9. The number of nitrogens with zero attached hydrogens (tertiary/aromatic N) is 3. The number of phenolic OH excluding ortho intramolecular Hbond substituents is 1. The summed E-state index contributed by atoms with van der Waals surface area (Å²) < 4.78 is 34.9. The molecule has 6 atom stereocenters. The van der Waals surface area contributed by atoms with Crippen molar-refractivity contribution in [3.05, 3.63) is 50.9 Å². The molecule has 0 aromatic heterocycles. The Balaban J connectivity index is 1.54. The molecular weight excluding hydrogens is 590 g/mol. The summed E-state index contributed by atoms with van der Waals surface area (Å²) in [5.41, 5.74) is 4.63. The topological polar surface area (TPSA) is 121 Å². The maximum absolute atomic E-state index is 12.9. The van der Waals surface area contributed by atoms with Gasteiger partial charge in [-0.2, -0.15) is 0 Å². The van der Waals surface area contributed by atoms with E-state index >= 15 is 0 Å². The molecule has 4 bridgehead atoms. The molecule has 5 aliphatic rings. The first-order chi connectivity index (χ1) is 21.2. The molecule has 5 heterocycles. The second-order valence-corrected chi connectivity index (χ2v) is 12.8. The van der Waals surface area contributed by atoms with Crippen molar-refractivity contribution in [2.75, 3.05) is 47.2 Å². The van der Waals surface area contributed by atoms with E-state index in [2.05, 4.69) is 20.7 Å². The molecule has 0 amide bonds. The number of fused-ring (bicyclic) bond motifs is 9. The van der Waals surface area contributed by atoms with Gasteiger partial charge in [0.25, 0.3) is 6.17 Å². The van der Waals surface area contributed by atoms with E-state index in [1.165, 1.54) is 11.8 Å². The SMILES string of the molecule is [C-]#[N+][C@H]1[C@@H]2Cc3cc(C)c(OC)c(OCOC)c3[C@H](C3[C@@H]4SCC(=O)C(=O)OC[C@H](c5c6c(c(C)c(O)c54)OCO6)N31)N2C. The first-order valence-corrected chi connectivity index (χ1v) is 15.4. The molecule has 0 radical (unpaired) electrons. The van der Waals surface area contributed by atoms with Crippen LogP contribution >= 0.6 is 11.8 Å². The number of methoxy groups -OCH3 is 2. The number of hydrogen-bond donors (Lipinski definition) is 1. The van der Waals surface area contributed by atoms with E-state index in [1.807, 2.05) is 14.0 Å². The van der Waals surface area contributed by atoms with Gasteiger partial charge in [0.05, 0.1) is 36.2 Å². The summed E-state index contributed by atoms with van der Waals surface area (Å²) in [6.07, 6.45) is -0.0732. The maximum Gasteiger partial charge on any atom is 0.375 e. The number of cyclic esters (lactones) is 1. The number of carbonyl (C=O) groups excluding carboxylic acids is 2. The summed E-state index contributed by atoms with van der Waals surface area (Å²) in [5.74, 6) is 0.380. The molecule has 232 valence electrons. The highest BCUT2D eigenvalue weighted by Crippen LogP contribution is 2.64. The van der Waals surface area contributed by atoms with Crippen LogP contribution in [-0.4, -0.2) is 92.1 Å². The fourth-order valence-corrected chi connectivity index (χ4v) is 9.18. The zero-order valence-electron chi connectivity index (χ0n) is 25.0. The number of carbonyl (C=O) groups is 2. The van der Waals surface area contributed by atoms with Crippen molar-refractivity contribution in [3.8, 4) is 28.7 Å². The van der Waals surface area contributed by atoms with Crippen LogP contribution in [0.5, 0.6) is 28.7 Å². The van der Waals surface area contributed by atoms with Gasteiger partial charge in [-0.05, 0) is 38.4 Å². The third kappa shape index (κ3) is 3.94. The fourth-order valence-electron chi connectivity index (χ4n) is 7.84. The number of benzene rings is 2. The Kier molecular flexibility index (Phi) is 7.08. The number of phenols is 1. The van der Waals surface area contributed by atoms with Crippen molar-refractivity contribution >= 4 is 23.5 Å². The predicted octanol–water partition coefficient (Wildman–Crippen LogP) is 3.21. The predicted molar refractivity (Wildman–Crippen MR) is 157 cm³/mol. The van der Waals surface area contributed by atoms with Gasteiger partial charge in [0, 0.05) is 29.4 Å². The Morgan fingerprint density at radius 3 is 2.61 bits per heavy atom. The minimum atomic E-state index is -0.914. The standard InChI is InChI=1S/C31H33N3O9S/c1-13-7-15-8-16-30(32-3)34-17-9-40-31(37)18(35)10-44-29(21-20(17)28-26(42-12-43-28)14(2)24(21)36)23(34)22(33(16)4)19(15)27(25(13)39-6)41-11-38-5/h7,16-17,22-23,29-30,36H,8-12H2,1-2,4-6H3/t16-,17+,22+,23?,29+,30+/m0/s1. The highest BCUT2D eigenvalue weighted by Gasteiger charge is 2.63. The molecule has 2 aromatic rings. The van der Waals surface area contributed by atoms with E-state index in [-0.39, 0.29) is 43.8 Å². The van der Waals surface area contributed by atoms with Crippen molar-refractivity contribution in [2.45, 2.75) is 55.9 Å². The average Bonchev–Trinajstić information content (AvgIpc) is 3.50. The van der Waals surface area contributed by atoms with Crippen LogP contribution in [0.25, 0.3) is 4.85 Å². The Bertz CT molecular complexity index is 1620. The smallest absolute Gasteiger partial charge is 0.375 e. The molecule has 0 aliphatic carbocycles. The van der Waals surface area contributed by atoms with Crippen molar-refractivity contribution in [1.82, 2.24) is 9.80 Å². The first kappa shape index (κ1) is 29.0. The molecule has 0 spiro atoms. The average molecular weight is 624 g/mol. The van der Waals surface area contributed by atoms with Crippen molar-refractivity contribution in [1.29, 1.82) is 0 Å². The van der Waals surface area contributed by atoms with Crippen LogP contribution < -0.4 is 18.9 Å². The molecule has 1 N–H and O–H groups in total. The molecule has 12 nitrogen and oxygen atoms in total. The van der Waals surface area contributed by atoms with Crippen molar-refractivity contribution < 1.29 is 43.1 Å². The van der Waals surface area contributed by atoms with Gasteiger partial charge in [0.15, 0.2) is 29.8 Å². The molecule has 2 fully saturated rings. The zero-order valence-corrected chi connectivity index (χ0v) is 25.9. The lowest BCUT2D eigenvalue weighted by Gasteiger charge is -2.59. The van der Waals surface area contributed by atoms with E-state index in [0.29, 0.717) is 46.1 Å². The second kappa shape index (κ2) is 10.7. The van der Waals surface area contributed by atoms with Crippen molar-refractivity contribution in [3.63, 3.8) is 0 Å². The number of likely N-dealkylation sites (N-methyl/N-ethyl adjacent to an activating group) is 1. The summed E-state index contributed by atoms with van der Waals surface area (Å²) in [5, 5.41) is 11.3. The van der Waals surface area contributed by atoms with E-state index < -0.39 is 35.3 Å². The van der Waals surface area contributed by atoms with Gasteiger partial charge in [-0.15, -0.1) is 11.8 Å². The van der Waals surface area contributed by atoms with Gasteiger partial charge >= 0.3 is 5.97 Å². The third-order valence-corrected chi connectivity index (χ3v) is 10.9. The Morgan fingerprint density at radius 2 is 1.89 bits per heavy atom. The number of aryl methyl sites for hydroxylation is 1. The lowest BCUT2D eigenvalue weighted by atomic mass is 9.72. The van der Waals surface area contributed by atoms with Gasteiger partial charge in [0.2, 0.25) is 12.6 Å². The largest absolute Gasteiger partial charge is 0.507 e. The Hall–Kier alpha value is -3.70. The minimum Gasteiger partial charge on any atom is -0.507 e. The molecule has 1 unspecified atom stereocenters. The van der Waals surface area contributed by atoms with E-state index in [4.69, 9.17) is 35.0 Å². The lowest BCUT2D eigenvalue weighted by Crippen LogP contribution is -2.68. The van der Waals surface area contributed by atoms with Gasteiger partial charge in [-0.1, -0.05) is 6.07 Å². The highest BCUT2D eigenvalue weighted by atomic mass is 32.2. The number of rotatable bonds is 4. The van der Waals surface area contributed by atoms with E-state index in [0.717, 1.165) is 16.7 Å². The van der Waals surface area contributed by atoms with Crippen LogP contribution in [-0.2, 0) is 25.5 Å². The Morgan fingerprint density at radius 1 is 1.11 bits per heavy atom. The summed E-state index contributed by atoms with van der Waals surface area (Å²) in [7, 11) is 5.17. The summed E-state index contributed by atoms with van der Waals surface area (Å²) in [4.78, 5) is 34.1. The van der Waals surface area contributed by atoms with Crippen LogP contribution in [0.15, 0.2) is 6.07 Å². The number of ether oxygens (including phenoxy) is 6. The van der Waals surface area contributed by atoms with Gasteiger partial charge < -0.3 is 33.5 Å². The number of hydrogen-bond acceptors (Lipinski definition) is 12. The minimum absolute atomic E-state index is 0.00270. The summed E-state index contributed by atoms with van der Waals surface area (Å²) in [6, 6.07) is 0.375. The highest BCUT2D eigenvalue weighted by molar-refractivity contribution is 8.00. The Labute approximate surface area is 258 Å². The molecule has 2 saturated heterocycles. The van der Waals surface area contributed by atoms with Gasteiger partial charge in [-0.3, -0.25) is 14.5 Å². The van der Waals surface area contributed by atoms with Crippen LogP contribution in [0.1, 0.15) is 50.7 Å². The molecule has 0 saturated carbocycles. The fraction of sp³-hybridized carbons (Fsp3) is 0.516. The summed E-state index contributed by atoms with van der Waals surface area (Å²) >= 11 is 1.26. The molecule has 2 aromatic carbocycles. The van der Waals surface area contributed by atoms with E-state index in [1.54, 1.807) is 21.1 Å². The quantitative estimate of drug-likeness (QED) is 0.233. The number of esters is 1. The number of thioether (sulfide) groups is 1.